The van der Waals surface area contributed by atoms with Crippen LogP contribution in [0.25, 0.3) is 0 Å². The Morgan fingerprint density at radius 1 is 1.25 bits per heavy atom. The van der Waals surface area contributed by atoms with E-state index in [0.717, 1.165) is 19.3 Å². The van der Waals surface area contributed by atoms with Gasteiger partial charge >= 0.3 is 5.97 Å². The standard InChI is InChI=1S/C20H31N3O7S2/c1-3-4-10-23(16-7-11-31(26,27)15-16)19(24)14-30-20(25)18-12-17(13-21(18)2)32(28,29)22-8-5-6-9-22/h12-13,16H,3-11,14-15H2,1-2H3. The van der Waals surface area contributed by atoms with Crippen molar-refractivity contribution >= 4 is 31.7 Å². The molecule has 2 aliphatic rings. The first-order chi connectivity index (χ1) is 15.0. The van der Waals surface area contributed by atoms with Gasteiger partial charge in [-0.1, -0.05) is 13.3 Å². The third kappa shape index (κ3) is 5.52. The third-order valence-electron chi connectivity index (χ3n) is 5.94. The average Bonchev–Trinajstić information content (AvgIpc) is 3.47. The summed E-state index contributed by atoms with van der Waals surface area (Å²) in [6, 6.07) is 0.851. The molecule has 32 heavy (non-hydrogen) atoms. The normalized spacial score (nSPS) is 21.0. The Bertz CT molecular complexity index is 1060. The van der Waals surface area contributed by atoms with Crippen LogP contribution in [0, 0.1) is 0 Å². The van der Waals surface area contributed by atoms with Crippen molar-refractivity contribution in [3.8, 4) is 0 Å². The number of rotatable bonds is 9. The summed E-state index contributed by atoms with van der Waals surface area (Å²) in [5.74, 6) is -1.29. The van der Waals surface area contributed by atoms with Crippen molar-refractivity contribution < 1.29 is 31.2 Å². The first-order valence-electron chi connectivity index (χ1n) is 10.9. The Labute approximate surface area is 189 Å². The number of sulfonamides is 1. The van der Waals surface area contributed by atoms with Gasteiger partial charge in [-0.25, -0.2) is 21.6 Å². The quantitative estimate of drug-likeness (QED) is 0.470. The molecule has 0 N–H and O–H groups in total. The molecule has 3 heterocycles. The van der Waals surface area contributed by atoms with Crippen LogP contribution in [0.1, 0.15) is 49.5 Å². The van der Waals surface area contributed by atoms with Gasteiger partial charge in [0, 0.05) is 38.9 Å². The monoisotopic (exact) mass is 489 g/mol. The lowest BCUT2D eigenvalue weighted by Crippen LogP contribution is -2.44. The Morgan fingerprint density at radius 2 is 1.94 bits per heavy atom. The van der Waals surface area contributed by atoms with Gasteiger partial charge in [-0.05, 0) is 31.7 Å². The molecule has 0 saturated carbocycles. The molecule has 2 aliphatic heterocycles. The summed E-state index contributed by atoms with van der Waals surface area (Å²) in [7, 11) is -5.30. The van der Waals surface area contributed by atoms with E-state index in [1.54, 1.807) is 7.05 Å². The van der Waals surface area contributed by atoms with E-state index in [0.29, 0.717) is 32.5 Å². The molecule has 180 valence electrons. The zero-order valence-corrected chi connectivity index (χ0v) is 20.2. The van der Waals surface area contributed by atoms with Gasteiger partial charge in [0.15, 0.2) is 16.4 Å². The Hall–Kier alpha value is -1.92. The van der Waals surface area contributed by atoms with Gasteiger partial charge in [0.05, 0.1) is 11.5 Å². The van der Waals surface area contributed by atoms with Crippen molar-refractivity contribution in [3.63, 3.8) is 0 Å². The molecule has 0 bridgehead atoms. The maximum absolute atomic E-state index is 12.8. The van der Waals surface area contributed by atoms with Crippen molar-refractivity contribution in [1.29, 1.82) is 0 Å². The van der Waals surface area contributed by atoms with E-state index in [9.17, 15) is 26.4 Å². The Morgan fingerprint density at radius 3 is 2.53 bits per heavy atom. The maximum atomic E-state index is 12.8. The van der Waals surface area contributed by atoms with Crippen LogP contribution in [0.3, 0.4) is 0 Å². The van der Waals surface area contributed by atoms with Crippen LogP contribution in [0.4, 0.5) is 0 Å². The van der Waals surface area contributed by atoms with E-state index in [1.165, 1.54) is 26.0 Å². The fraction of sp³-hybridized carbons (Fsp3) is 0.700. The van der Waals surface area contributed by atoms with Crippen molar-refractivity contribution in [3.05, 3.63) is 18.0 Å². The molecule has 1 aromatic heterocycles. The molecule has 0 spiro atoms. The van der Waals surface area contributed by atoms with Crippen LogP contribution < -0.4 is 0 Å². The fourth-order valence-electron chi connectivity index (χ4n) is 4.10. The Balaban J connectivity index is 1.66. The lowest BCUT2D eigenvalue weighted by atomic mass is 10.2. The van der Waals surface area contributed by atoms with Crippen molar-refractivity contribution in [2.24, 2.45) is 7.05 Å². The minimum Gasteiger partial charge on any atom is -0.451 e. The molecule has 10 nitrogen and oxygen atoms in total. The average molecular weight is 490 g/mol. The van der Waals surface area contributed by atoms with Gasteiger partial charge in [-0.2, -0.15) is 4.31 Å². The van der Waals surface area contributed by atoms with E-state index in [1.807, 2.05) is 6.92 Å². The van der Waals surface area contributed by atoms with E-state index in [2.05, 4.69) is 0 Å². The molecule has 0 aliphatic carbocycles. The number of hydrogen-bond donors (Lipinski definition) is 0. The minimum absolute atomic E-state index is 0.0147. The summed E-state index contributed by atoms with van der Waals surface area (Å²) >= 11 is 0. The largest absolute Gasteiger partial charge is 0.451 e. The lowest BCUT2D eigenvalue weighted by molar-refractivity contribution is -0.136. The molecule has 0 aromatic carbocycles. The van der Waals surface area contributed by atoms with Crippen LogP contribution in [0.15, 0.2) is 17.2 Å². The lowest BCUT2D eigenvalue weighted by Gasteiger charge is -2.28. The molecule has 1 unspecified atom stereocenters. The van der Waals surface area contributed by atoms with Gasteiger partial charge in [-0.3, -0.25) is 4.79 Å². The molecule has 3 rings (SSSR count). The predicted octanol–water partition coefficient (Wildman–Crippen LogP) is 0.782. The van der Waals surface area contributed by atoms with Gasteiger partial charge in [0.1, 0.15) is 10.6 Å². The molecule has 1 aromatic rings. The molecule has 1 atom stereocenters. The number of amides is 1. The van der Waals surface area contributed by atoms with Gasteiger partial charge in [0.2, 0.25) is 10.0 Å². The SMILES string of the molecule is CCCCN(C(=O)COC(=O)c1cc(S(=O)(=O)N2CCCC2)cn1C)C1CCS(=O)(=O)C1. The minimum atomic E-state index is -3.68. The third-order valence-corrected chi connectivity index (χ3v) is 9.55. The summed E-state index contributed by atoms with van der Waals surface area (Å²) in [5, 5.41) is 0. The summed E-state index contributed by atoms with van der Waals surface area (Å²) < 4.78 is 57.1. The number of sulfone groups is 1. The van der Waals surface area contributed by atoms with Crippen molar-refractivity contribution in [2.75, 3.05) is 37.7 Å². The Kier molecular flexibility index (Phi) is 7.66. The number of ether oxygens (including phenoxy) is 1. The zero-order valence-electron chi connectivity index (χ0n) is 18.5. The first-order valence-corrected chi connectivity index (χ1v) is 14.1. The number of carbonyl (C=O) groups excluding carboxylic acids is 2. The summed E-state index contributed by atoms with van der Waals surface area (Å²) in [6.45, 7) is 2.75. The van der Waals surface area contributed by atoms with E-state index >= 15 is 0 Å². The molecular weight excluding hydrogens is 458 g/mol. The fourth-order valence-corrected chi connectivity index (χ4v) is 7.42. The number of aromatic nitrogens is 1. The van der Waals surface area contributed by atoms with Gasteiger partial charge in [0.25, 0.3) is 5.91 Å². The van der Waals surface area contributed by atoms with E-state index < -0.39 is 44.4 Å². The number of hydrogen-bond acceptors (Lipinski definition) is 7. The second-order valence-electron chi connectivity index (χ2n) is 8.36. The van der Waals surface area contributed by atoms with E-state index in [4.69, 9.17) is 4.74 Å². The second kappa shape index (κ2) is 9.92. The predicted molar refractivity (Wildman–Crippen MR) is 117 cm³/mol. The molecule has 1 amide bonds. The van der Waals surface area contributed by atoms with E-state index in [-0.39, 0.29) is 22.1 Å². The van der Waals surface area contributed by atoms with Gasteiger partial charge < -0.3 is 14.2 Å². The van der Waals surface area contributed by atoms with Crippen LogP contribution >= 0.6 is 0 Å². The van der Waals surface area contributed by atoms with Crippen LogP contribution in [-0.2, 0) is 36.4 Å². The molecular formula is C20H31N3O7S2. The van der Waals surface area contributed by atoms with Crippen molar-refractivity contribution in [1.82, 2.24) is 13.8 Å². The maximum Gasteiger partial charge on any atom is 0.355 e. The topological polar surface area (TPSA) is 123 Å². The van der Waals surface area contributed by atoms with Gasteiger partial charge in [-0.15, -0.1) is 0 Å². The highest BCUT2D eigenvalue weighted by molar-refractivity contribution is 7.91. The van der Waals surface area contributed by atoms with Crippen LogP contribution in [0.2, 0.25) is 0 Å². The first kappa shape index (κ1) is 24.7. The molecule has 0 radical (unpaired) electrons. The highest BCUT2D eigenvalue weighted by Crippen LogP contribution is 2.23. The smallest absolute Gasteiger partial charge is 0.355 e. The summed E-state index contributed by atoms with van der Waals surface area (Å²) in [4.78, 5) is 26.8. The number of unbranched alkanes of at least 4 members (excludes halogenated alkanes) is 1. The molecule has 12 heteroatoms. The number of nitrogens with zero attached hydrogens (tertiary/aromatic N) is 3. The summed E-state index contributed by atoms with van der Waals surface area (Å²) in [5.41, 5.74) is 0.0270. The number of carbonyl (C=O) groups is 2. The second-order valence-corrected chi connectivity index (χ2v) is 12.5. The van der Waals surface area contributed by atoms with Crippen LogP contribution in [0.5, 0.6) is 0 Å². The van der Waals surface area contributed by atoms with Crippen LogP contribution in [-0.4, -0.2) is 86.3 Å². The summed E-state index contributed by atoms with van der Waals surface area (Å²) in [6.07, 6.45) is 4.90. The zero-order chi connectivity index (χ0) is 23.5. The number of esters is 1. The molecule has 2 fully saturated rings. The number of aryl methyl sites for hydroxylation is 1. The molecule has 2 saturated heterocycles. The highest BCUT2D eigenvalue weighted by Gasteiger charge is 2.35. The highest BCUT2D eigenvalue weighted by atomic mass is 32.2. The van der Waals surface area contributed by atoms with Crippen molar-refractivity contribution in [2.45, 2.75) is 50.0 Å².